The van der Waals surface area contributed by atoms with Crippen molar-refractivity contribution in [3.05, 3.63) is 0 Å². The van der Waals surface area contributed by atoms with Crippen molar-refractivity contribution in [3.8, 4) is 0 Å². The summed E-state index contributed by atoms with van der Waals surface area (Å²) in [6.45, 7) is -0.238. The fourth-order valence-electron chi connectivity index (χ4n) is 3.10. The first kappa shape index (κ1) is 13.4. The smallest absolute Gasteiger partial charge is 0.136 e. The van der Waals surface area contributed by atoms with Gasteiger partial charge in [0.15, 0.2) is 0 Å². The molecule has 0 aliphatic carbocycles. The Morgan fingerprint density at radius 2 is 1.82 bits per heavy atom. The van der Waals surface area contributed by atoms with Crippen molar-refractivity contribution < 1.29 is 9.18 Å². The van der Waals surface area contributed by atoms with Crippen molar-refractivity contribution in [1.29, 1.82) is 0 Å². The molecule has 0 radical (unpaired) electrons. The van der Waals surface area contributed by atoms with Gasteiger partial charge < -0.3 is 0 Å². The molecule has 2 atom stereocenters. The molecule has 2 aliphatic rings. The van der Waals surface area contributed by atoms with Crippen LogP contribution in [0.15, 0.2) is 0 Å². The van der Waals surface area contributed by atoms with Crippen molar-refractivity contribution in [2.75, 3.05) is 6.67 Å². The van der Waals surface area contributed by atoms with Gasteiger partial charge in [-0.15, -0.1) is 0 Å². The van der Waals surface area contributed by atoms with Gasteiger partial charge in [-0.3, -0.25) is 9.18 Å². The van der Waals surface area contributed by atoms with Crippen LogP contribution in [-0.2, 0) is 4.79 Å². The van der Waals surface area contributed by atoms with E-state index in [0.29, 0.717) is 24.5 Å². The first-order valence-corrected chi connectivity index (χ1v) is 7.98. The molecule has 17 heavy (non-hydrogen) atoms. The number of fused-ring (bicyclic) bond motifs is 2. The molecule has 3 heteroatoms. The topological polar surface area (TPSA) is 17.1 Å². The van der Waals surface area contributed by atoms with Gasteiger partial charge in [0.2, 0.25) is 0 Å². The van der Waals surface area contributed by atoms with Crippen LogP contribution in [0.3, 0.4) is 0 Å². The van der Waals surface area contributed by atoms with Crippen LogP contribution in [0.5, 0.6) is 0 Å². The van der Waals surface area contributed by atoms with Gasteiger partial charge in [-0.25, -0.2) is 0 Å². The molecule has 1 nitrogen and oxygen atoms in total. The number of ketones is 1. The van der Waals surface area contributed by atoms with Gasteiger partial charge in [-0.1, -0.05) is 12.8 Å². The van der Waals surface area contributed by atoms with Crippen LogP contribution >= 0.6 is 11.8 Å². The van der Waals surface area contributed by atoms with Crippen molar-refractivity contribution in [2.24, 2.45) is 5.92 Å². The summed E-state index contributed by atoms with van der Waals surface area (Å²) >= 11 is 2.12. The Balaban J connectivity index is 1.72. The summed E-state index contributed by atoms with van der Waals surface area (Å²) in [7, 11) is 0. The summed E-state index contributed by atoms with van der Waals surface area (Å²) in [4.78, 5) is 12.1. The largest absolute Gasteiger partial charge is 0.299 e. The number of halogens is 1. The van der Waals surface area contributed by atoms with Crippen molar-refractivity contribution in [3.63, 3.8) is 0 Å². The molecular formula is C14H23FOS. The highest BCUT2D eigenvalue weighted by atomic mass is 32.2. The number of rotatable bonds is 6. The molecule has 2 unspecified atom stereocenters. The summed E-state index contributed by atoms with van der Waals surface area (Å²) in [5, 5.41) is 1.50. The molecule has 0 amide bonds. The molecule has 2 aliphatic heterocycles. The van der Waals surface area contributed by atoms with E-state index < -0.39 is 0 Å². The first-order chi connectivity index (χ1) is 8.29. The molecule has 0 aromatic carbocycles. The molecule has 0 aromatic rings. The zero-order valence-electron chi connectivity index (χ0n) is 10.5. The number of hydrogen-bond acceptors (Lipinski definition) is 2. The highest BCUT2D eigenvalue weighted by molar-refractivity contribution is 8.00. The molecule has 2 rings (SSSR count). The monoisotopic (exact) mass is 258 g/mol. The van der Waals surface area contributed by atoms with Crippen LogP contribution in [0.4, 0.5) is 4.39 Å². The van der Waals surface area contributed by atoms with E-state index in [0.717, 1.165) is 36.2 Å². The minimum atomic E-state index is -0.238. The van der Waals surface area contributed by atoms with Crippen LogP contribution < -0.4 is 0 Å². The number of alkyl halides is 1. The summed E-state index contributed by atoms with van der Waals surface area (Å²) in [5.74, 6) is 0.790. The zero-order chi connectivity index (χ0) is 12.1. The van der Waals surface area contributed by atoms with E-state index >= 15 is 0 Å². The molecule has 0 aromatic heterocycles. The number of carbonyl (C=O) groups excluding carboxylic acids is 1. The first-order valence-electron chi connectivity index (χ1n) is 7.03. The summed E-state index contributed by atoms with van der Waals surface area (Å²) in [6, 6.07) is 0. The number of hydrogen-bond donors (Lipinski definition) is 0. The average Bonchev–Trinajstić information content (AvgIpc) is 2.34. The molecule has 2 fully saturated rings. The Labute approximate surface area is 108 Å². The zero-order valence-corrected chi connectivity index (χ0v) is 11.3. The Morgan fingerprint density at radius 3 is 2.47 bits per heavy atom. The Morgan fingerprint density at radius 1 is 1.12 bits per heavy atom. The van der Waals surface area contributed by atoms with Gasteiger partial charge in [0.25, 0.3) is 0 Å². The van der Waals surface area contributed by atoms with Crippen LogP contribution in [0.2, 0.25) is 0 Å². The molecule has 2 saturated heterocycles. The normalized spacial score (nSPS) is 32.4. The second-order valence-corrected chi connectivity index (χ2v) is 7.05. The van der Waals surface area contributed by atoms with E-state index in [-0.39, 0.29) is 6.67 Å². The second-order valence-electron chi connectivity index (χ2n) is 5.45. The minimum Gasteiger partial charge on any atom is -0.299 e. The summed E-state index contributed by atoms with van der Waals surface area (Å²) in [6.07, 6.45) is 9.29. The second kappa shape index (κ2) is 6.77. The quantitative estimate of drug-likeness (QED) is 0.666. The van der Waals surface area contributed by atoms with Crippen LogP contribution in [0, 0.1) is 5.92 Å². The highest BCUT2D eigenvalue weighted by Gasteiger charge is 2.34. The third-order valence-corrected chi connectivity index (χ3v) is 5.67. The van der Waals surface area contributed by atoms with Crippen LogP contribution in [0.1, 0.15) is 57.8 Å². The molecule has 2 bridgehead atoms. The molecule has 0 spiro atoms. The maximum Gasteiger partial charge on any atom is 0.136 e. The Kier molecular flexibility index (Phi) is 5.33. The highest BCUT2D eigenvalue weighted by Crippen LogP contribution is 2.44. The van der Waals surface area contributed by atoms with E-state index in [2.05, 4.69) is 11.8 Å². The van der Waals surface area contributed by atoms with Gasteiger partial charge in [0, 0.05) is 22.8 Å². The Bertz CT molecular complexity index is 245. The SMILES string of the molecule is O=C(CCCCCF)C1CC2CCCC(C1)S2. The predicted molar refractivity (Wildman–Crippen MR) is 71.2 cm³/mol. The maximum absolute atomic E-state index is 12.1. The molecule has 0 N–H and O–H groups in total. The number of thioether (sulfide) groups is 1. The molecule has 0 saturated carbocycles. The predicted octanol–water partition coefficient (Wildman–Crippen LogP) is 4.15. The van der Waals surface area contributed by atoms with Gasteiger partial charge in [-0.2, -0.15) is 11.8 Å². The van der Waals surface area contributed by atoms with Gasteiger partial charge in [-0.05, 0) is 38.5 Å². The lowest BCUT2D eigenvalue weighted by molar-refractivity contribution is -0.123. The van der Waals surface area contributed by atoms with E-state index in [1.165, 1.54) is 19.3 Å². The number of unbranched alkanes of at least 4 members (excludes halogenated alkanes) is 2. The molecule has 98 valence electrons. The van der Waals surface area contributed by atoms with E-state index in [4.69, 9.17) is 0 Å². The maximum atomic E-state index is 12.1. The van der Waals surface area contributed by atoms with Crippen LogP contribution in [-0.4, -0.2) is 23.0 Å². The lowest BCUT2D eigenvalue weighted by atomic mass is 9.85. The third-order valence-electron chi connectivity index (χ3n) is 4.04. The lowest BCUT2D eigenvalue weighted by Crippen LogP contribution is -2.32. The fourth-order valence-corrected chi connectivity index (χ4v) is 4.93. The van der Waals surface area contributed by atoms with E-state index in [1.807, 2.05) is 0 Å². The van der Waals surface area contributed by atoms with Crippen molar-refractivity contribution in [2.45, 2.75) is 68.3 Å². The number of carbonyl (C=O) groups is 1. The van der Waals surface area contributed by atoms with Crippen LogP contribution in [0.25, 0.3) is 0 Å². The minimum absolute atomic E-state index is 0.238. The molecular weight excluding hydrogens is 235 g/mol. The van der Waals surface area contributed by atoms with Crippen molar-refractivity contribution in [1.82, 2.24) is 0 Å². The third kappa shape index (κ3) is 3.97. The Hall–Kier alpha value is -0.0500. The van der Waals surface area contributed by atoms with E-state index in [9.17, 15) is 9.18 Å². The number of Topliss-reactive ketones (excluding diaryl/α,β-unsaturated/α-hetero) is 1. The molecule has 2 heterocycles. The van der Waals surface area contributed by atoms with Gasteiger partial charge in [0.05, 0.1) is 6.67 Å². The van der Waals surface area contributed by atoms with E-state index in [1.54, 1.807) is 0 Å². The lowest BCUT2D eigenvalue weighted by Gasteiger charge is -2.38. The fraction of sp³-hybridized carbons (Fsp3) is 0.929. The average molecular weight is 258 g/mol. The van der Waals surface area contributed by atoms with Gasteiger partial charge in [0.1, 0.15) is 5.78 Å². The van der Waals surface area contributed by atoms with Crippen molar-refractivity contribution >= 4 is 17.5 Å². The summed E-state index contributed by atoms with van der Waals surface area (Å²) in [5.41, 5.74) is 0. The van der Waals surface area contributed by atoms with Gasteiger partial charge >= 0.3 is 0 Å². The summed E-state index contributed by atoms with van der Waals surface area (Å²) < 4.78 is 11.9. The standard InChI is InChI=1S/C14H23FOS/c15-8-3-1-2-7-14(16)11-9-12-5-4-6-13(10-11)17-12/h11-13H,1-10H2.